The molecule has 1 heterocycles. The van der Waals surface area contributed by atoms with Crippen LogP contribution in [0.15, 0.2) is 0 Å². The number of carbonyl (C=O) groups excluding carboxylic acids is 1. The van der Waals surface area contributed by atoms with Gasteiger partial charge in [0.1, 0.15) is 0 Å². The smallest absolute Gasteiger partial charge is 0.314 e. The molecule has 0 aromatic heterocycles. The lowest BCUT2D eigenvalue weighted by molar-refractivity contribution is -0.174. The second-order valence-corrected chi connectivity index (χ2v) is 7.41. The van der Waals surface area contributed by atoms with Gasteiger partial charge in [0.15, 0.2) is 9.84 Å². The van der Waals surface area contributed by atoms with Crippen LogP contribution in [0.4, 0.5) is 0 Å². The summed E-state index contributed by atoms with van der Waals surface area (Å²) in [6.07, 6.45) is 0.0825. The van der Waals surface area contributed by atoms with Gasteiger partial charge in [-0.3, -0.25) is 4.79 Å². The Morgan fingerprint density at radius 2 is 2.00 bits per heavy atom. The summed E-state index contributed by atoms with van der Waals surface area (Å²) in [5.74, 6) is -1.23. The Bertz CT molecular complexity index is 414. The van der Waals surface area contributed by atoms with Crippen molar-refractivity contribution < 1.29 is 23.1 Å². The fourth-order valence-electron chi connectivity index (χ4n) is 2.42. The molecule has 0 aliphatic carbocycles. The molecular formula is C11H20O5S. The summed E-state index contributed by atoms with van der Waals surface area (Å²) >= 11 is 0. The van der Waals surface area contributed by atoms with Crippen molar-refractivity contribution in [1.82, 2.24) is 0 Å². The topological polar surface area (TPSA) is 80.7 Å². The average molecular weight is 264 g/mol. The lowest BCUT2D eigenvalue weighted by Gasteiger charge is -2.42. The molecule has 5 nitrogen and oxygen atoms in total. The van der Waals surface area contributed by atoms with E-state index in [1.54, 1.807) is 20.8 Å². The molecule has 0 amide bonds. The third-order valence-electron chi connectivity index (χ3n) is 4.02. The molecule has 0 radical (unpaired) electrons. The molecule has 1 saturated heterocycles. The van der Waals surface area contributed by atoms with Crippen LogP contribution in [0.3, 0.4) is 0 Å². The summed E-state index contributed by atoms with van der Waals surface area (Å²) in [6, 6.07) is 0. The molecule has 0 saturated carbocycles. The molecular weight excluding hydrogens is 244 g/mol. The summed E-state index contributed by atoms with van der Waals surface area (Å²) in [5, 5.41) is 10.5. The zero-order valence-electron chi connectivity index (χ0n) is 10.7. The predicted octanol–water partition coefficient (Wildman–Crippen LogP) is 0.371. The normalized spacial score (nSPS) is 31.2. The summed E-state index contributed by atoms with van der Waals surface area (Å²) in [6.45, 7) is 5.13. The Kier molecular flexibility index (Phi) is 3.60. The standard InChI is InChI=1S/C11H20O5S/c1-8(2)10(3,9(12)16-4)11(13)5-6-17(14,15)7-11/h8,13H,5-7H2,1-4H3. The number of hydrogen-bond acceptors (Lipinski definition) is 5. The average Bonchev–Trinajstić information content (AvgIpc) is 2.51. The molecule has 0 aromatic rings. The first-order chi connectivity index (χ1) is 7.59. The van der Waals surface area contributed by atoms with Crippen molar-refractivity contribution in [1.29, 1.82) is 0 Å². The molecule has 1 aliphatic heterocycles. The number of sulfone groups is 1. The molecule has 0 spiro atoms. The number of hydrogen-bond donors (Lipinski definition) is 1. The van der Waals surface area contributed by atoms with Gasteiger partial charge in [0.2, 0.25) is 0 Å². The van der Waals surface area contributed by atoms with Gasteiger partial charge in [-0.2, -0.15) is 0 Å². The molecule has 1 N–H and O–H groups in total. The SMILES string of the molecule is COC(=O)C(C)(C(C)C)C1(O)CCS(=O)(=O)C1. The van der Waals surface area contributed by atoms with Crippen molar-refractivity contribution in [2.45, 2.75) is 32.8 Å². The summed E-state index contributed by atoms with van der Waals surface area (Å²) in [7, 11) is -2.02. The van der Waals surface area contributed by atoms with Crippen molar-refractivity contribution in [2.24, 2.45) is 11.3 Å². The number of carbonyl (C=O) groups is 1. The van der Waals surface area contributed by atoms with E-state index in [1.807, 2.05) is 0 Å². The number of ether oxygens (including phenoxy) is 1. The monoisotopic (exact) mass is 264 g/mol. The Morgan fingerprint density at radius 3 is 2.29 bits per heavy atom. The zero-order chi connectivity index (χ0) is 13.5. The fraction of sp³-hybridized carbons (Fsp3) is 0.909. The molecule has 1 rings (SSSR count). The van der Waals surface area contributed by atoms with Gasteiger partial charge in [-0.15, -0.1) is 0 Å². The largest absolute Gasteiger partial charge is 0.469 e. The third-order valence-corrected chi connectivity index (χ3v) is 5.76. The van der Waals surface area contributed by atoms with Gasteiger partial charge in [-0.1, -0.05) is 13.8 Å². The second kappa shape index (κ2) is 4.24. The molecule has 6 heteroatoms. The highest BCUT2D eigenvalue weighted by atomic mass is 32.2. The summed E-state index contributed by atoms with van der Waals surface area (Å²) < 4.78 is 27.8. The van der Waals surface area contributed by atoms with Gasteiger partial charge in [0.25, 0.3) is 0 Å². The summed E-state index contributed by atoms with van der Waals surface area (Å²) in [4.78, 5) is 11.9. The van der Waals surface area contributed by atoms with Crippen LogP contribution in [0.5, 0.6) is 0 Å². The number of methoxy groups -OCH3 is 1. The number of rotatable bonds is 3. The Balaban J connectivity index is 3.22. The lowest BCUT2D eigenvalue weighted by Crippen LogP contribution is -2.55. The van der Waals surface area contributed by atoms with Crippen LogP contribution in [0.1, 0.15) is 27.2 Å². The first-order valence-electron chi connectivity index (χ1n) is 5.60. The second-order valence-electron chi connectivity index (χ2n) is 5.22. The zero-order valence-corrected chi connectivity index (χ0v) is 11.5. The van der Waals surface area contributed by atoms with E-state index >= 15 is 0 Å². The maximum absolute atomic E-state index is 11.9. The maximum atomic E-state index is 11.9. The van der Waals surface area contributed by atoms with Crippen LogP contribution in [-0.4, -0.2) is 43.7 Å². The third kappa shape index (κ3) is 2.20. The van der Waals surface area contributed by atoms with E-state index in [9.17, 15) is 18.3 Å². The molecule has 0 bridgehead atoms. The summed E-state index contributed by atoms with van der Waals surface area (Å²) in [5.41, 5.74) is -2.74. The molecule has 2 atom stereocenters. The van der Waals surface area contributed by atoms with Crippen LogP contribution >= 0.6 is 0 Å². The molecule has 2 unspecified atom stereocenters. The van der Waals surface area contributed by atoms with Crippen molar-refractivity contribution in [3.63, 3.8) is 0 Å². The molecule has 0 aromatic carbocycles. The Labute approximate surface area is 102 Å². The van der Waals surface area contributed by atoms with E-state index < -0.39 is 26.8 Å². The minimum absolute atomic E-state index is 0.0806. The van der Waals surface area contributed by atoms with Gasteiger partial charge in [0.05, 0.1) is 29.6 Å². The lowest BCUT2D eigenvalue weighted by atomic mass is 9.66. The van der Waals surface area contributed by atoms with Crippen LogP contribution in [-0.2, 0) is 19.4 Å². The van der Waals surface area contributed by atoms with Crippen molar-refractivity contribution in [3.05, 3.63) is 0 Å². The van der Waals surface area contributed by atoms with E-state index in [1.165, 1.54) is 7.11 Å². The Morgan fingerprint density at radius 1 is 1.47 bits per heavy atom. The maximum Gasteiger partial charge on any atom is 0.314 e. The van der Waals surface area contributed by atoms with Gasteiger partial charge in [0, 0.05) is 0 Å². The molecule has 1 fully saturated rings. The highest BCUT2D eigenvalue weighted by Gasteiger charge is 2.59. The van der Waals surface area contributed by atoms with Gasteiger partial charge >= 0.3 is 5.97 Å². The quantitative estimate of drug-likeness (QED) is 0.745. The highest BCUT2D eigenvalue weighted by molar-refractivity contribution is 7.91. The van der Waals surface area contributed by atoms with Gasteiger partial charge in [-0.05, 0) is 19.3 Å². The van der Waals surface area contributed by atoms with Gasteiger partial charge in [-0.25, -0.2) is 8.42 Å². The molecule has 17 heavy (non-hydrogen) atoms. The minimum atomic E-state index is -3.27. The van der Waals surface area contributed by atoms with E-state index in [-0.39, 0.29) is 23.8 Å². The Hall–Kier alpha value is -0.620. The molecule has 100 valence electrons. The van der Waals surface area contributed by atoms with Crippen LogP contribution in [0.2, 0.25) is 0 Å². The predicted molar refractivity (Wildman–Crippen MR) is 63.2 cm³/mol. The van der Waals surface area contributed by atoms with Crippen molar-refractivity contribution in [2.75, 3.05) is 18.6 Å². The minimum Gasteiger partial charge on any atom is -0.469 e. The number of aliphatic hydroxyl groups is 1. The van der Waals surface area contributed by atoms with Crippen molar-refractivity contribution in [3.8, 4) is 0 Å². The first kappa shape index (κ1) is 14.4. The van der Waals surface area contributed by atoms with Crippen LogP contribution in [0.25, 0.3) is 0 Å². The first-order valence-corrected chi connectivity index (χ1v) is 7.42. The van der Waals surface area contributed by atoms with E-state index in [0.717, 1.165) is 0 Å². The van der Waals surface area contributed by atoms with Crippen LogP contribution < -0.4 is 0 Å². The van der Waals surface area contributed by atoms with E-state index in [4.69, 9.17) is 4.74 Å². The van der Waals surface area contributed by atoms with Crippen molar-refractivity contribution >= 4 is 15.8 Å². The van der Waals surface area contributed by atoms with E-state index in [0.29, 0.717) is 0 Å². The van der Waals surface area contributed by atoms with Crippen LogP contribution in [0, 0.1) is 11.3 Å². The highest BCUT2D eigenvalue weighted by Crippen LogP contribution is 2.45. The van der Waals surface area contributed by atoms with E-state index in [2.05, 4.69) is 0 Å². The van der Waals surface area contributed by atoms with Gasteiger partial charge < -0.3 is 9.84 Å². The molecule has 1 aliphatic rings. The number of esters is 1. The fourth-order valence-corrected chi connectivity index (χ4v) is 4.38.